The average Bonchev–Trinajstić information content (AvgIpc) is 2.80. The van der Waals surface area contributed by atoms with Gasteiger partial charge in [-0.3, -0.25) is 9.88 Å². The van der Waals surface area contributed by atoms with Gasteiger partial charge in [0.2, 0.25) is 0 Å². The van der Waals surface area contributed by atoms with Gasteiger partial charge in [-0.25, -0.2) is 0 Å². The van der Waals surface area contributed by atoms with Crippen molar-refractivity contribution in [1.82, 2.24) is 9.88 Å². The molecule has 0 saturated carbocycles. The van der Waals surface area contributed by atoms with E-state index in [4.69, 9.17) is 16.3 Å². The maximum atomic E-state index is 11.0. The second-order valence-electron chi connectivity index (χ2n) is 7.38. The first-order valence-electron chi connectivity index (χ1n) is 9.18. The smallest absolute Gasteiger partial charge is 0.138 e. The highest BCUT2D eigenvalue weighted by Crippen LogP contribution is 2.29. The summed E-state index contributed by atoms with van der Waals surface area (Å²) < 4.78 is 5.88. The van der Waals surface area contributed by atoms with Gasteiger partial charge in [-0.2, -0.15) is 0 Å². The molecule has 0 aliphatic carbocycles. The van der Waals surface area contributed by atoms with Crippen molar-refractivity contribution in [2.24, 2.45) is 0 Å². The van der Waals surface area contributed by atoms with Crippen LogP contribution in [0.3, 0.4) is 0 Å². The summed E-state index contributed by atoms with van der Waals surface area (Å²) in [4.78, 5) is 6.56. The van der Waals surface area contributed by atoms with Gasteiger partial charge in [-0.05, 0) is 74.5 Å². The number of pyridine rings is 1. The molecule has 1 aromatic heterocycles. The van der Waals surface area contributed by atoms with Crippen molar-refractivity contribution in [3.8, 4) is 5.75 Å². The van der Waals surface area contributed by atoms with E-state index in [0.717, 1.165) is 38.0 Å². The van der Waals surface area contributed by atoms with Crippen LogP contribution in [0.1, 0.15) is 36.0 Å². The van der Waals surface area contributed by atoms with Crippen LogP contribution in [0.15, 0.2) is 36.7 Å². The van der Waals surface area contributed by atoms with Gasteiger partial charge in [0, 0.05) is 25.5 Å². The lowest BCUT2D eigenvalue weighted by Crippen LogP contribution is -2.37. The van der Waals surface area contributed by atoms with Gasteiger partial charge in [0.05, 0.1) is 10.6 Å². The fourth-order valence-corrected chi connectivity index (χ4v) is 3.56. The van der Waals surface area contributed by atoms with Crippen molar-refractivity contribution in [2.45, 2.75) is 45.3 Å². The van der Waals surface area contributed by atoms with E-state index in [2.05, 4.69) is 22.9 Å². The van der Waals surface area contributed by atoms with Gasteiger partial charge >= 0.3 is 0 Å². The topological polar surface area (TPSA) is 45.6 Å². The molecule has 4 nitrogen and oxygen atoms in total. The number of halogens is 1. The van der Waals surface area contributed by atoms with Crippen molar-refractivity contribution in [1.29, 1.82) is 0 Å². The van der Waals surface area contributed by atoms with Crippen LogP contribution in [-0.2, 0) is 6.54 Å². The number of aryl methyl sites for hydroxylation is 2. The third-order valence-corrected chi connectivity index (χ3v) is 5.44. The van der Waals surface area contributed by atoms with E-state index < -0.39 is 5.60 Å². The lowest BCUT2D eigenvalue weighted by molar-refractivity contribution is -0.0168. The maximum absolute atomic E-state index is 11.0. The number of benzene rings is 1. The molecule has 0 amide bonds. The van der Waals surface area contributed by atoms with Crippen LogP contribution in [0.2, 0.25) is 5.02 Å². The van der Waals surface area contributed by atoms with Crippen LogP contribution < -0.4 is 4.74 Å². The summed E-state index contributed by atoms with van der Waals surface area (Å²) >= 11 is 6.20. The third-order valence-electron chi connectivity index (χ3n) is 5.12. The quantitative estimate of drug-likeness (QED) is 0.854. The lowest BCUT2D eigenvalue weighted by Gasteiger charge is -2.27. The number of rotatable bonds is 5. The molecule has 2 aromatic rings. The van der Waals surface area contributed by atoms with Gasteiger partial charge < -0.3 is 9.84 Å². The van der Waals surface area contributed by atoms with Gasteiger partial charge in [0.25, 0.3) is 0 Å². The highest BCUT2D eigenvalue weighted by atomic mass is 35.5. The molecule has 2 heterocycles. The van der Waals surface area contributed by atoms with E-state index in [0.29, 0.717) is 17.2 Å². The number of nitrogens with zero attached hydrogens (tertiary/aromatic N) is 2. The molecular weight excluding hydrogens is 348 g/mol. The van der Waals surface area contributed by atoms with Crippen molar-refractivity contribution in [3.63, 3.8) is 0 Å². The Hall–Kier alpha value is -1.62. The Bertz CT molecular complexity index is 753. The first-order chi connectivity index (χ1) is 12.5. The molecule has 1 saturated heterocycles. The molecule has 1 aromatic carbocycles. The highest BCUT2D eigenvalue weighted by Gasteiger charge is 2.31. The summed E-state index contributed by atoms with van der Waals surface area (Å²) in [5.74, 6) is 0.647. The zero-order chi connectivity index (χ0) is 18.6. The predicted molar refractivity (Wildman–Crippen MR) is 105 cm³/mol. The van der Waals surface area contributed by atoms with Crippen LogP contribution in [0.4, 0.5) is 0 Å². The molecule has 140 valence electrons. The minimum atomic E-state index is -0.810. The fourth-order valence-electron chi connectivity index (χ4n) is 3.39. The summed E-state index contributed by atoms with van der Waals surface area (Å²) in [6.07, 6.45) is 6.13. The number of hydrogen-bond acceptors (Lipinski definition) is 4. The highest BCUT2D eigenvalue weighted by molar-refractivity contribution is 6.32. The number of ether oxygens (including phenoxy) is 1. The average molecular weight is 375 g/mol. The van der Waals surface area contributed by atoms with Crippen molar-refractivity contribution < 1.29 is 9.84 Å². The van der Waals surface area contributed by atoms with Crippen LogP contribution in [0.25, 0.3) is 0 Å². The Kier molecular flexibility index (Phi) is 6.17. The van der Waals surface area contributed by atoms with Gasteiger partial charge in [0.1, 0.15) is 12.4 Å². The second-order valence-corrected chi connectivity index (χ2v) is 7.79. The van der Waals surface area contributed by atoms with Gasteiger partial charge in [-0.15, -0.1) is 0 Å². The van der Waals surface area contributed by atoms with Crippen LogP contribution in [-0.4, -0.2) is 40.3 Å². The van der Waals surface area contributed by atoms with Crippen LogP contribution in [0, 0.1) is 13.8 Å². The van der Waals surface area contributed by atoms with E-state index in [9.17, 15) is 5.11 Å². The molecule has 5 heteroatoms. The van der Waals surface area contributed by atoms with Crippen molar-refractivity contribution >= 4 is 11.6 Å². The molecule has 26 heavy (non-hydrogen) atoms. The zero-order valence-electron chi connectivity index (χ0n) is 15.5. The first kappa shape index (κ1) is 19.2. The van der Waals surface area contributed by atoms with Crippen LogP contribution in [0.5, 0.6) is 5.75 Å². The van der Waals surface area contributed by atoms with Crippen LogP contribution >= 0.6 is 11.6 Å². The largest absolute Gasteiger partial charge is 0.489 e. The molecule has 0 spiro atoms. The first-order valence-corrected chi connectivity index (χ1v) is 9.56. The van der Waals surface area contributed by atoms with E-state index in [-0.39, 0.29) is 6.61 Å². The Morgan fingerprint density at radius 3 is 2.88 bits per heavy atom. The monoisotopic (exact) mass is 374 g/mol. The standard InChI is InChI=1S/C21H27ClN2O2/c1-16-4-5-19(22)20(12-16)26-15-21(25)7-3-10-24(11-8-21)14-18-6-9-23-13-17(18)2/h4-6,9,12-13,25H,3,7-8,10-11,14-15H2,1-2H3. The molecule has 0 radical (unpaired) electrons. The Morgan fingerprint density at radius 1 is 1.23 bits per heavy atom. The number of hydrogen-bond donors (Lipinski definition) is 1. The maximum Gasteiger partial charge on any atom is 0.138 e. The number of likely N-dealkylation sites (tertiary alicyclic amines) is 1. The molecule has 1 aliphatic rings. The molecule has 1 atom stereocenters. The molecular formula is C21H27ClN2O2. The van der Waals surface area contributed by atoms with E-state index in [1.165, 1.54) is 11.1 Å². The third kappa shape index (κ3) is 4.97. The van der Waals surface area contributed by atoms with Gasteiger partial charge in [-0.1, -0.05) is 17.7 Å². The van der Waals surface area contributed by atoms with Gasteiger partial charge in [0.15, 0.2) is 0 Å². The molecule has 0 bridgehead atoms. The molecule has 1 fully saturated rings. The minimum absolute atomic E-state index is 0.276. The number of aliphatic hydroxyl groups is 1. The summed E-state index contributed by atoms with van der Waals surface area (Å²) in [5, 5.41) is 11.6. The summed E-state index contributed by atoms with van der Waals surface area (Å²) in [7, 11) is 0. The summed E-state index contributed by atoms with van der Waals surface area (Å²) in [6.45, 7) is 7.10. The normalized spacial score (nSPS) is 21.4. The van der Waals surface area contributed by atoms with Crippen molar-refractivity contribution in [2.75, 3.05) is 19.7 Å². The van der Waals surface area contributed by atoms with Crippen molar-refractivity contribution in [3.05, 3.63) is 58.4 Å². The fraction of sp³-hybridized carbons (Fsp3) is 0.476. The zero-order valence-corrected chi connectivity index (χ0v) is 16.3. The lowest BCUT2D eigenvalue weighted by atomic mass is 9.96. The Labute approximate surface area is 160 Å². The van der Waals surface area contributed by atoms with E-state index >= 15 is 0 Å². The minimum Gasteiger partial charge on any atom is -0.489 e. The SMILES string of the molecule is Cc1ccc(Cl)c(OCC2(O)CCCN(Cc3ccncc3C)CC2)c1. The summed E-state index contributed by atoms with van der Waals surface area (Å²) in [5.41, 5.74) is 2.79. The summed E-state index contributed by atoms with van der Waals surface area (Å²) in [6, 6.07) is 7.78. The Morgan fingerprint density at radius 2 is 2.08 bits per heavy atom. The molecule has 3 rings (SSSR count). The second kappa shape index (κ2) is 8.38. The predicted octanol–water partition coefficient (Wildman–Crippen LogP) is 4.15. The molecule has 1 aliphatic heterocycles. The molecule has 1 N–H and O–H groups in total. The van der Waals surface area contributed by atoms with E-state index in [1.807, 2.05) is 37.5 Å². The van der Waals surface area contributed by atoms with E-state index in [1.54, 1.807) is 0 Å². The Balaban J connectivity index is 1.58. The number of aromatic nitrogens is 1. The molecule has 1 unspecified atom stereocenters.